The van der Waals surface area contributed by atoms with Gasteiger partial charge in [-0.05, 0) is 55.3 Å². The summed E-state index contributed by atoms with van der Waals surface area (Å²) in [4.78, 5) is 0. The molecule has 0 aliphatic rings. The van der Waals surface area contributed by atoms with Crippen LogP contribution in [0.15, 0.2) is 121 Å². The van der Waals surface area contributed by atoms with Crippen molar-refractivity contribution in [2.45, 2.75) is 13.3 Å². The van der Waals surface area contributed by atoms with E-state index < -0.39 is 0 Å². The third-order valence-electron chi connectivity index (χ3n) is 5.73. The van der Waals surface area contributed by atoms with Gasteiger partial charge in [-0.3, -0.25) is 0 Å². The minimum Gasteiger partial charge on any atom is -0.0651 e. The first-order valence-electron chi connectivity index (χ1n) is 11.1. The molecule has 4 aromatic rings. The van der Waals surface area contributed by atoms with Gasteiger partial charge in [0.25, 0.3) is 0 Å². The molecule has 0 unspecified atom stereocenters. The van der Waals surface area contributed by atoms with Crippen LogP contribution in [0.2, 0.25) is 0 Å². The summed E-state index contributed by atoms with van der Waals surface area (Å²) < 4.78 is 0. The molecular formula is C29H30P2. The summed E-state index contributed by atoms with van der Waals surface area (Å²) in [6.45, 7) is 2.37. The molecule has 0 nitrogen and oxygen atoms in total. The van der Waals surface area contributed by atoms with Crippen molar-refractivity contribution >= 4 is 37.1 Å². The van der Waals surface area contributed by atoms with Crippen LogP contribution in [-0.4, -0.2) is 12.3 Å². The zero-order chi connectivity index (χ0) is 21.3. The summed E-state index contributed by atoms with van der Waals surface area (Å²) >= 11 is 0. The van der Waals surface area contributed by atoms with Crippen molar-refractivity contribution in [2.24, 2.45) is 5.92 Å². The van der Waals surface area contributed by atoms with Crippen LogP contribution in [0.25, 0.3) is 0 Å². The molecule has 0 saturated carbocycles. The second kappa shape index (κ2) is 11.4. The van der Waals surface area contributed by atoms with Crippen LogP contribution in [0.5, 0.6) is 0 Å². The molecule has 2 heteroatoms. The SMILES string of the molecule is CCC(CP(c1ccccc1)c1ccccc1)CP(c1ccccc1)c1ccccc1. The molecule has 0 bridgehead atoms. The second-order valence-corrected chi connectivity index (χ2v) is 12.3. The first-order chi connectivity index (χ1) is 15.3. The summed E-state index contributed by atoms with van der Waals surface area (Å²) in [6, 6.07) is 44.6. The molecule has 0 saturated heterocycles. The van der Waals surface area contributed by atoms with E-state index in [1.807, 2.05) is 0 Å². The molecule has 0 atom stereocenters. The minimum atomic E-state index is -0.354. The summed E-state index contributed by atoms with van der Waals surface area (Å²) in [6.07, 6.45) is 3.72. The van der Waals surface area contributed by atoms with Gasteiger partial charge in [-0.2, -0.15) is 0 Å². The van der Waals surface area contributed by atoms with E-state index in [0.29, 0.717) is 5.92 Å². The Kier molecular flexibility index (Phi) is 8.06. The Morgan fingerprint density at radius 3 is 0.935 bits per heavy atom. The van der Waals surface area contributed by atoms with Crippen molar-refractivity contribution in [3.63, 3.8) is 0 Å². The molecule has 4 rings (SSSR count). The molecule has 156 valence electrons. The maximum Gasteiger partial charge on any atom is -0.0195 e. The van der Waals surface area contributed by atoms with Gasteiger partial charge < -0.3 is 0 Å². The molecule has 0 radical (unpaired) electrons. The Morgan fingerprint density at radius 1 is 0.452 bits per heavy atom. The number of hydrogen-bond donors (Lipinski definition) is 0. The molecule has 0 fully saturated rings. The highest BCUT2D eigenvalue weighted by atomic mass is 31.1. The predicted octanol–water partition coefficient (Wildman–Crippen LogP) is 6.28. The second-order valence-electron chi connectivity index (χ2n) is 7.84. The summed E-state index contributed by atoms with van der Waals surface area (Å²) in [5.74, 6) is 0.693. The van der Waals surface area contributed by atoms with E-state index in [1.54, 1.807) is 0 Å². The van der Waals surface area contributed by atoms with E-state index >= 15 is 0 Å². The third kappa shape index (κ3) is 5.92. The van der Waals surface area contributed by atoms with Crippen LogP contribution in [0, 0.1) is 5.92 Å². The fraction of sp³-hybridized carbons (Fsp3) is 0.172. The lowest BCUT2D eigenvalue weighted by Crippen LogP contribution is -2.23. The Morgan fingerprint density at radius 2 is 0.710 bits per heavy atom. The summed E-state index contributed by atoms with van der Waals surface area (Å²) in [7, 11) is -0.708. The van der Waals surface area contributed by atoms with E-state index in [1.165, 1.54) is 40.0 Å². The van der Waals surface area contributed by atoms with E-state index in [-0.39, 0.29) is 15.8 Å². The largest absolute Gasteiger partial charge is 0.0651 e. The van der Waals surface area contributed by atoms with Gasteiger partial charge in [-0.25, -0.2) is 0 Å². The Hall–Kier alpha value is -2.26. The van der Waals surface area contributed by atoms with Crippen molar-refractivity contribution < 1.29 is 0 Å². The Balaban J connectivity index is 1.63. The van der Waals surface area contributed by atoms with Crippen molar-refractivity contribution in [1.29, 1.82) is 0 Å². The predicted molar refractivity (Wildman–Crippen MR) is 142 cm³/mol. The van der Waals surface area contributed by atoms with Gasteiger partial charge >= 0.3 is 0 Å². The monoisotopic (exact) mass is 440 g/mol. The molecule has 4 aromatic carbocycles. The van der Waals surface area contributed by atoms with Gasteiger partial charge in [0.1, 0.15) is 0 Å². The standard InChI is InChI=1S/C29H30P2/c1-2-25(23-30(26-15-7-3-8-16-26)27-17-9-4-10-18-27)24-31(28-19-11-5-12-20-28)29-21-13-6-14-22-29/h3-22,25H,2,23-24H2,1H3. The fourth-order valence-electron chi connectivity index (χ4n) is 3.98. The van der Waals surface area contributed by atoms with Gasteiger partial charge in [0.05, 0.1) is 0 Å². The maximum absolute atomic E-state index is 2.37. The van der Waals surface area contributed by atoms with Crippen LogP contribution in [0.4, 0.5) is 0 Å². The maximum atomic E-state index is 2.37. The molecule has 0 spiro atoms. The molecule has 0 amide bonds. The van der Waals surface area contributed by atoms with E-state index in [4.69, 9.17) is 0 Å². The number of hydrogen-bond acceptors (Lipinski definition) is 0. The van der Waals surface area contributed by atoms with Gasteiger partial charge in [-0.1, -0.05) is 135 Å². The van der Waals surface area contributed by atoms with Crippen LogP contribution < -0.4 is 21.2 Å². The van der Waals surface area contributed by atoms with E-state index in [2.05, 4.69) is 128 Å². The van der Waals surface area contributed by atoms with Crippen LogP contribution in [0.3, 0.4) is 0 Å². The van der Waals surface area contributed by atoms with Crippen molar-refractivity contribution in [1.82, 2.24) is 0 Å². The average molecular weight is 441 g/mol. The van der Waals surface area contributed by atoms with Gasteiger partial charge in [0.2, 0.25) is 0 Å². The number of benzene rings is 4. The Labute approximate surface area is 189 Å². The fourth-order valence-corrected chi connectivity index (χ4v) is 9.56. The minimum absolute atomic E-state index is 0.354. The van der Waals surface area contributed by atoms with Gasteiger partial charge in [0, 0.05) is 0 Å². The molecule has 0 N–H and O–H groups in total. The highest BCUT2D eigenvalue weighted by molar-refractivity contribution is 7.74. The van der Waals surface area contributed by atoms with Crippen molar-refractivity contribution in [3.8, 4) is 0 Å². The zero-order valence-electron chi connectivity index (χ0n) is 18.1. The molecule has 0 aliphatic carbocycles. The van der Waals surface area contributed by atoms with Crippen LogP contribution >= 0.6 is 15.8 Å². The highest BCUT2D eigenvalue weighted by Gasteiger charge is 2.23. The topological polar surface area (TPSA) is 0 Å². The Bertz CT molecular complexity index is 853. The first-order valence-corrected chi connectivity index (χ1v) is 14.2. The smallest absolute Gasteiger partial charge is 0.0195 e. The molecule has 0 heterocycles. The lowest BCUT2D eigenvalue weighted by atomic mass is 10.2. The normalized spacial score (nSPS) is 11.4. The average Bonchev–Trinajstić information content (AvgIpc) is 2.86. The zero-order valence-corrected chi connectivity index (χ0v) is 19.9. The molecule has 0 aromatic heterocycles. The molecule has 0 aliphatic heterocycles. The summed E-state index contributed by atoms with van der Waals surface area (Å²) in [5.41, 5.74) is 0. The van der Waals surface area contributed by atoms with Gasteiger partial charge in [0.15, 0.2) is 0 Å². The van der Waals surface area contributed by atoms with Crippen LogP contribution in [0.1, 0.15) is 13.3 Å². The van der Waals surface area contributed by atoms with Gasteiger partial charge in [-0.15, -0.1) is 0 Å². The molecular weight excluding hydrogens is 410 g/mol. The lowest BCUT2D eigenvalue weighted by molar-refractivity contribution is 0.643. The quantitative estimate of drug-likeness (QED) is 0.269. The number of rotatable bonds is 9. The van der Waals surface area contributed by atoms with Crippen molar-refractivity contribution in [2.75, 3.05) is 12.3 Å². The lowest BCUT2D eigenvalue weighted by Gasteiger charge is -2.28. The van der Waals surface area contributed by atoms with Crippen LogP contribution in [-0.2, 0) is 0 Å². The highest BCUT2D eigenvalue weighted by Crippen LogP contribution is 2.42. The van der Waals surface area contributed by atoms with Crippen molar-refractivity contribution in [3.05, 3.63) is 121 Å². The third-order valence-corrected chi connectivity index (χ3v) is 11.2. The van der Waals surface area contributed by atoms with E-state index in [9.17, 15) is 0 Å². The summed E-state index contributed by atoms with van der Waals surface area (Å²) in [5, 5.41) is 5.97. The van der Waals surface area contributed by atoms with E-state index in [0.717, 1.165) is 0 Å². The first kappa shape index (κ1) is 22.0. The molecule has 31 heavy (non-hydrogen) atoms.